The number of aromatic nitrogens is 1. The van der Waals surface area contributed by atoms with Gasteiger partial charge in [0.25, 0.3) is 11.8 Å². The molecule has 1 aromatic heterocycles. The van der Waals surface area contributed by atoms with Crippen molar-refractivity contribution in [1.82, 2.24) is 24.6 Å². The summed E-state index contributed by atoms with van der Waals surface area (Å²) in [5.74, 6) is 1.94. The fourth-order valence-corrected chi connectivity index (χ4v) is 9.85. The first-order chi connectivity index (χ1) is 37.8. The van der Waals surface area contributed by atoms with Crippen LogP contribution in [0.15, 0.2) is 69.7 Å². The monoisotopic (exact) mass is 1100 g/mol. The molecule has 2 aromatic carbocycles. The lowest BCUT2D eigenvalue weighted by molar-refractivity contribution is 0.0116. The maximum Gasteiger partial charge on any atom is 0.257 e. The van der Waals surface area contributed by atoms with E-state index in [4.69, 9.17) is 62.3 Å². The molecule has 426 valence electrons. The zero-order valence-corrected chi connectivity index (χ0v) is 48.0. The highest BCUT2D eigenvalue weighted by molar-refractivity contribution is 7.99. The van der Waals surface area contributed by atoms with Crippen LogP contribution in [0.2, 0.25) is 0 Å². The van der Waals surface area contributed by atoms with Crippen LogP contribution in [0.1, 0.15) is 72.6 Å². The number of aliphatic imine (C=N–C) groups is 2. The van der Waals surface area contributed by atoms with E-state index in [2.05, 4.69) is 49.1 Å². The van der Waals surface area contributed by atoms with Crippen molar-refractivity contribution in [2.45, 2.75) is 70.6 Å². The lowest BCUT2D eigenvalue weighted by Crippen LogP contribution is -2.36. The number of likely N-dealkylation sites (N-methyl/N-ethyl adjacent to an activating group) is 1. The topological polar surface area (TPSA) is 177 Å². The Labute approximate surface area is 465 Å². The van der Waals surface area contributed by atoms with Gasteiger partial charge >= 0.3 is 0 Å². The van der Waals surface area contributed by atoms with Crippen molar-refractivity contribution >= 4 is 47.4 Å². The number of rotatable bonds is 33. The fraction of sp³-hybridized carbons (Fsp3) is 0.569. The van der Waals surface area contributed by atoms with E-state index in [1.807, 2.05) is 60.0 Å². The van der Waals surface area contributed by atoms with E-state index in [9.17, 15) is 9.59 Å². The van der Waals surface area contributed by atoms with Crippen molar-refractivity contribution in [3.8, 4) is 28.7 Å². The first kappa shape index (κ1) is 60.1. The number of fused-ring (bicyclic) bond motifs is 4. The Kier molecular flexibility index (Phi) is 23.2. The Morgan fingerprint density at radius 3 is 1.54 bits per heavy atom. The average molecular weight is 1100 g/mol. The third-order valence-corrected chi connectivity index (χ3v) is 15.3. The molecule has 20 heteroatoms. The van der Waals surface area contributed by atoms with Gasteiger partial charge in [0.15, 0.2) is 23.0 Å². The summed E-state index contributed by atoms with van der Waals surface area (Å²) in [5, 5.41) is 0. The van der Waals surface area contributed by atoms with Crippen LogP contribution in [0.25, 0.3) is 0 Å². The summed E-state index contributed by atoms with van der Waals surface area (Å²) in [5.41, 5.74) is 5.41. The molecule has 7 rings (SSSR count). The minimum absolute atomic E-state index is 0.0224. The van der Waals surface area contributed by atoms with E-state index in [1.54, 1.807) is 45.6 Å². The maximum atomic E-state index is 13.8. The molecule has 0 radical (unpaired) electrons. The van der Waals surface area contributed by atoms with Crippen molar-refractivity contribution < 1.29 is 57.0 Å². The quantitative estimate of drug-likeness (QED) is 0.0433. The van der Waals surface area contributed by atoms with E-state index in [0.717, 1.165) is 25.9 Å². The Bertz CT molecular complexity index is 2460. The van der Waals surface area contributed by atoms with Crippen LogP contribution in [0, 0.1) is 0 Å². The van der Waals surface area contributed by atoms with Crippen LogP contribution < -0.4 is 23.7 Å². The van der Waals surface area contributed by atoms with Gasteiger partial charge in [0.2, 0.25) is 0 Å². The molecular weight excluding hydrogens is 1020 g/mol. The standard InChI is InChI=1S/C58H81N7O12S/c1-10-41-26-45-34-59-50-32-54(52(69-7)30-48(50)56(66)64(45)36-41)76-38-43-28-47(29-44(61-43)39-77-55-33-51-49(31-53(55)70-8)57(67)65-37-42(11-2)27-46(65)35-60-51)75-19-15-63(14-18-73-24-25-74-21-20-68-6)13-17-72-23-22-71-16-12-62(5)40-58(3,4)78-9/h10-11,28-35,45-46H,12-27,36-40H2,1-9H3/b41-10+,42-11+/t45-,46?/m0/s1. The molecule has 3 aromatic rings. The van der Waals surface area contributed by atoms with Gasteiger partial charge in [0.1, 0.15) is 25.6 Å². The van der Waals surface area contributed by atoms with E-state index in [-0.39, 0.29) is 41.9 Å². The number of amides is 2. The van der Waals surface area contributed by atoms with E-state index in [1.165, 1.54) is 11.1 Å². The molecule has 0 aliphatic carbocycles. The molecule has 0 saturated carbocycles. The molecule has 1 unspecified atom stereocenters. The van der Waals surface area contributed by atoms with Crippen LogP contribution >= 0.6 is 11.8 Å². The van der Waals surface area contributed by atoms with Crippen LogP contribution in [-0.2, 0) is 36.9 Å². The second-order valence-electron chi connectivity index (χ2n) is 20.1. The summed E-state index contributed by atoms with van der Waals surface area (Å²) < 4.78 is 59.7. The number of thioether (sulfide) groups is 1. The molecule has 5 heterocycles. The van der Waals surface area contributed by atoms with E-state index < -0.39 is 0 Å². The number of benzene rings is 2. The third-order valence-electron chi connectivity index (χ3n) is 14.1. The van der Waals surface area contributed by atoms with Gasteiger partial charge in [-0.1, -0.05) is 23.3 Å². The molecule has 4 aliphatic heterocycles. The highest BCUT2D eigenvalue weighted by Gasteiger charge is 2.36. The van der Waals surface area contributed by atoms with Crippen molar-refractivity contribution in [3.63, 3.8) is 0 Å². The molecule has 0 N–H and O–H groups in total. The molecule has 0 bridgehead atoms. The van der Waals surface area contributed by atoms with Crippen LogP contribution in [-0.4, -0.2) is 212 Å². The second kappa shape index (κ2) is 30.1. The number of allylic oxidation sites excluding steroid dienone is 2. The predicted molar refractivity (Wildman–Crippen MR) is 304 cm³/mol. The van der Waals surface area contributed by atoms with Gasteiger partial charge in [-0.3, -0.25) is 29.5 Å². The molecule has 0 spiro atoms. The third kappa shape index (κ3) is 17.0. The number of carbonyl (C=O) groups is 2. The second-order valence-corrected chi connectivity index (χ2v) is 21.6. The molecule has 19 nitrogen and oxygen atoms in total. The maximum absolute atomic E-state index is 13.8. The van der Waals surface area contributed by atoms with Gasteiger partial charge in [0, 0.05) is 94.4 Å². The highest BCUT2D eigenvalue weighted by atomic mass is 32.2. The fourth-order valence-electron chi connectivity index (χ4n) is 9.50. The first-order valence-electron chi connectivity index (χ1n) is 26.9. The minimum atomic E-state index is -0.120. The van der Waals surface area contributed by atoms with Gasteiger partial charge in [-0.25, -0.2) is 0 Å². The summed E-state index contributed by atoms with van der Waals surface area (Å²) in [6.07, 6.45) is 11.4. The summed E-state index contributed by atoms with van der Waals surface area (Å²) in [6, 6.07) is 10.3. The van der Waals surface area contributed by atoms with Crippen LogP contribution in [0.4, 0.5) is 11.4 Å². The molecule has 4 aliphatic rings. The predicted octanol–water partition coefficient (Wildman–Crippen LogP) is 7.48. The normalized spacial score (nSPS) is 17.9. The Morgan fingerprint density at radius 1 is 0.615 bits per heavy atom. The van der Waals surface area contributed by atoms with E-state index >= 15 is 0 Å². The number of carbonyl (C=O) groups excluding carboxylic acids is 2. The summed E-state index contributed by atoms with van der Waals surface area (Å²) >= 11 is 1.87. The molecule has 2 atom stereocenters. The Hall–Kier alpha value is -5.58. The lowest BCUT2D eigenvalue weighted by Gasteiger charge is -2.28. The summed E-state index contributed by atoms with van der Waals surface area (Å²) in [7, 11) is 6.86. The van der Waals surface area contributed by atoms with Gasteiger partial charge in [-0.2, -0.15) is 11.8 Å². The van der Waals surface area contributed by atoms with Crippen molar-refractivity contribution in [1.29, 1.82) is 0 Å². The highest BCUT2D eigenvalue weighted by Crippen LogP contribution is 2.41. The lowest BCUT2D eigenvalue weighted by atomic mass is 10.1. The smallest absolute Gasteiger partial charge is 0.257 e. The number of nitrogens with zero attached hydrogens (tertiary/aromatic N) is 7. The molecule has 2 saturated heterocycles. The first-order valence-corrected chi connectivity index (χ1v) is 28.1. The van der Waals surface area contributed by atoms with Crippen LogP contribution in [0.5, 0.6) is 28.7 Å². The number of pyridine rings is 1. The van der Waals surface area contributed by atoms with E-state index in [0.29, 0.717) is 161 Å². The van der Waals surface area contributed by atoms with Crippen molar-refractivity contribution in [2.75, 3.05) is 147 Å². The SMILES string of the molecule is C/C=C1\CC2C=Nc3cc(OCc4cc(OCCN(CCOCCOCCOC)CCOCCOCCN(C)CC(C)(C)SC)cc(COc5cc6c(cc5OC)C(=O)N5C/C(=C/C)C[C@H]5C=N6)n4)c(OC)cc3C(=O)N2C1. The van der Waals surface area contributed by atoms with Crippen molar-refractivity contribution in [3.05, 3.63) is 82.2 Å². The Balaban J connectivity index is 1.04. The average Bonchev–Trinajstić information content (AvgIpc) is 4.03. The zero-order valence-electron chi connectivity index (χ0n) is 47.2. The number of hydrogen-bond donors (Lipinski definition) is 0. The number of ether oxygens (including phenoxy) is 10. The molecule has 2 amide bonds. The Morgan fingerprint density at radius 2 is 1.08 bits per heavy atom. The molecule has 2 fully saturated rings. The van der Waals surface area contributed by atoms with Gasteiger partial charge < -0.3 is 62.1 Å². The van der Waals surface area contributed by atoms with Gasteiger partial charge in [0.05, 0.1) is 120 Å². The summed E-state index contributed by atoms with van der Waals surface area (Å²) in [6.45, 7) is 18.4. The van der Waals surface area contributed by atoms with Crippen LogP contribution in [0.3, 0.4) is 0 Å². The van der Waals surface area contributed by atoms with Gasteiger partial charge in [-0.05, 0) is 66.0 Å². The molecule has 78 heavy (non-hydrogen) atoms. The van der Waals surface area contributed by atoms with Gasteiger partial charge in [-0.15, -0.1) is 0 Å². The summed E-state index contributed by atoms with van der Waals surface area (Å²) in [4.78, 5) is 50.3. The zero-order chi connectivity index (χ0) is 55.4. The number of hydrogen-bond acceptors (Lipinski definition) is 18. The largest absolute Gasteiger partial charge is 0.493 e. The minimum Gasteiger partial charge on any atom is -0.493 e. The molecular formula is C58H81N7O12S. The number of methoxy groups -OCH3 is 3. The van der Waals surface area contributed by atoms with Crippen molar-refractivity contribution in [2.24, 2.45) is 9.98 Å².